The molecule has 2 unspecified atom stereocenters. The summed E-state index contributed by atoms with van der Waals surface area (Å²) >= 11 is 0. The van der Waals surface area contributed by atoms with E-state index >= 15 is 0 Å². The number of aliphatic hydroxyl groups is 1. The molecule has 0 aromatic rings. The molecule has 0 aromatic carbocycles. The Labute approximate surface area is 179 Å². The Morgan fingerprint density at radius 3 is 1.67 bits per heavy atom. The SMILES string of the molecule is CC(=O)CC(=O)OCC1CC=CCC1.COC(=O)CC(C)=O.OCC1CC=CCC1. The number of carbonyl (C=O) groups excluding carboxylic acids is 4. The lowest BCUT2D eigenvalue weighted by molar-refractivity contribution is -0.147. The van der Waals surface area contributed by atoms with Crippen molar-refractivity contribution < 1.29 is 33.8 Å². The molecule has 7 nitrogen and oxygen atoms in total. The van der Waals surface area contributed by atoms with Gasteiger partial charge in [-0.05, 0) is 64.2 Å². The van der Waals surface area contributed by atoms with E-state index in [0.29, 0.717) is 25.0 Å². The summed E-state index contributed by atoms with van der Waals surface area (Å²) in [6.45, 7) is 3.56. The van der Waals surface area contributed by atoms with Gasteiger partial charge < -0.3 is 14.6 Å². The van der Waals surface area contributed by atoms with Crippen LogP contribution in [-0.2, 0) is 28.7 Å². The molecular weight excluding hydrogens is 388 g/mol. The molecule has 0 fully saturated rings. The van der Waals surface area contributed by atoms with Crippen molar-refractivity contribution in [2.75, 3.05) is 20.3 Å². The number of hydrogen-bond donors (Lipinski definition) is 1. The van der Waals surface area contributed by atoms with Gasteiger partial charge in [-0.25, -0.2) is 0 Å². The van der Waals surface area contributed by atoms with E-state index in [9.17, 15) is 19.2 Å². The van der Waals surface area contributed by atoms with Gasteiger partial charge in [0.25, 0.3) is 0 Å². The van der Waals surface area contributed by atoms with Crippen molar-refractivity contribution in [2.24, 2.45) is 11.8 Å². The van der Waals surface area contributed by atoms with Crippen molar-refractivity contribution in [1.82, 2.24) is 0 Å². The van der Waals surface area contributed by atoms with Crippen LogP contribution in [0.25, 0.3) is 0 Å². The molecule has 2 aliphatic rings. The van der Waals surface area contributed by atoms with Crippen LogP contribution in [0.1, 0.15) is 65.2 Å². The van der Waals surface area contributed by atoms with E-state index < -0.39 is 11.9 Å². The predicted octanol–water partition coefficient (Wildman–Crippen LogP) is 3.34. The van der Waals surface area contributed by atoms with Gasteiger partial charge in [0.15, 0.2) is 0 Å². The van der Waals surface area contributed by atoms with Gasteiger partial charge in [-0.3, -0.25) is 19.2 Å². The second-order valence-corrected chi connectivity index (χ2v) is 7.50. The number of esters is 2. The first-order chi connectivity index (χ1) is 14.3. The fourth-order valence-electron chi connectivity index (χ4n) is 2.77. The number of ether oxygens (including phenoxy) is 2. The molecule has 2 rings (SSSR count). The molecule has 0 aromatic heterocycles. The Morgan fingerprint density at radius 1 is 0.833 bits per heavy atom. The standard InChI is InChI=1S/C11H16O3.C7H12O.C5H8O3/c1-9(12)7-11(13)14-8-10-5-3-2-4-6-10;8-6-7-4-2-1-3-5-7;1-4(6)3-5(7)8-2/h2-3,10H,4-8H2,1H3;1-2,7-8H,3-6H2;3H2,1-2H3. The highest BCUT2D eigenvalue weighted by Crippen LogP contribution is 2.18. The summed E-state index contributed by atoms with van der Waals surface area (Å²) in [6, 6.07) is 0. The lowest BCUT2D eigenvalue weighted by Gasteiger charge is -2.17. The third kappa shape index (κ3) is 16.7. The average Bonchev–Trinajstić information content (AvgIpc) is 2.73. The second kappa shape index (κ2) is 17.6. The van der Waals surface area contributed by atoms with E-state index in [1.165, 1.54) is 27.4 Å². The maximum Gasteiger partial charge on any atom is 0.313 e. The first-order valence-corrected chi connectivity index (χ1v) is 10.4. The summed E-state index contributed by atoms with van der Waals surface area (Å²) in [4.78, 5) is 41.9. The zero-order valence-electron chi connectivity index (χ0n) is 18.4. The van der Waals surface area contributed by atoms with Crippen molar-refractivity contribution in [1.29, 1.82) is 0 Å². The first kappa shape index (κ1) is 27.7. The van der Waals surface area contributed by atoms with E-state index in [4.69, 9.17) is 9.84 Å². The van der Waals surface area contributed by atoms with Crippen LogP contribution in [0.4, 0.5) is 0 Å². The Hall–Kier alpha value is -2.28. The van der Waals surface area contributed by atoms with Crippen LogP contribution in [0.2, 0.25) is 0 Å². The number of carbonyl (C=O) groups is 4. The molecule has 2 aliphatic carbocycles. The largest absolute Gasteiger partial charge is 0.469 e. The van der Waals surface area contributed by atoms with E-state index in [2.05, 4.69) is 29.0 Å². The van der Waals surface area contributed by atoms with Crippen molar-refractivity contribution in [3.05, 3.63) is 24.3 Å². The fraction of sp³-hybridized carbons (Fsp3) is 0.652. The van der Waals surface area contributed by atoms with Gasteiger partial charge in [0.2, 0.25) is 0 Å². The van der Waals surface area contributed by atoms with Gasteiger partial charge in [0.05, 0.1) is 13.7 Å². The first-order valence-electron chi connectivity index (χ1n) is 10.4. The Morgan fingerprint density at radius 2 is 1.33 bits per heavy atom. The molecule has 2 atom stereocenters. The van der Waals surface area contributed by atoms with Crippen molar-refractivity contribution in [3.63, 3.8) is 0 Å². The number of Topliss-reactive ketones (excluding diaryl/α,β-unsaturated/α-hetero) is 2. The number of rotatable bonds is 7. The maximum atomic E-state index is 11.0. The van der Waals surface area contributed by atoms with Gasteiger partial charge in [-0.1, -0.05) is 24.3 Å². The highest BCUT2D eigenvalue weighted by molar-refractivity contribution is 5.94. The normalized spacial score (nSPS) is 19.3. The van der Waals surface area contributed by atoms with Crippen molar-refractivity contribution in [2.45, 2.75) is 65.2 Å². The van der Waals surface area contributed by atoms with Crippen molar-refractivity contribution >= 4 is 23.5 Å². The molecule has 7 heteroatoms. The molecule has 0 amide bonds. The number of methoxy groups -OCH3 is 1. The quantitative estimate of drug-likeness (QED) is 0.379. The fourth-order valence-corrected chi connectivity index (χ4v) is 2.77. The Kier molecular flexibility index (Phi) is 16.2. The third-order valence-electron chi connectivity index (χ3n) is 4.51. The van der Waals surface area contributed by atoms with Gasteiger partial charge in [-0.2, -0.15) is 0 Å². The molecule has 30 heavy (non-hydrogen) atoms. The molecule has 1 N–H and O–H groups in total. The minimum absolute atomic E-state index is 0.0947. The van der Waals surface area contributed by atoms with Crippen LogP contribution < -0.4 is 0 Å². The van der Waals surface area contributed by atoms with Gasteiger partial charge in [0, 0.05) is 6.61 Å². The summed E-state index contributed by atoms with van der Waals surface area (Å²) in [5.74, 6) is -0.184. The number of hydrogen-bond acceptors (Lipinski definition) is 7. The molecule has 0 spiro atoms. The predicted molar refractivity (Wildman–Crippen MR) is 114 cm³/mol. The monoisotopic (exact) mass is 424 g/mol. The summed E-state index contributed by atoms with van der Waals surface area (Å²) in [7, 11) is 1.26. The molecule has 0 saturated heterocycles. The van der Waals surface area contributed by atoms with Crippen LogP contribution in [0.5, 0.6) is 0 Å². The van der Waals surface area contributed by atoms with Gasteiger partial charge in [-0.15, -0.1) is 0 Å². The zero-order chi connectivity index (χ0) is 22.8. The molecular formula is C23H36O7. The van der Waals surface area contributed by atoms with Gasteiger partial charge in [0.1, 0.15) is 24.4 Å². The van der Waals surface area contributed by atoms with Crippen LogP contribution in [0.15, 0.2) is 24.3 Å². The lowest BCUT2D eigenvalue weighted by Crippen LogP contribution is -2.16. The lowest BCUT2D eigenvalue weighted by atomic mass is 9.95. The molecule has 0 saturated carbocycles. The van der Waals surface area contributed by atoms with E-state index in [0.717, 1.165) is 32.1 Å². The minimum atomic E-state index is -0.475. The summed E-state index contributed by atoms with van der Waals surface area (Å²) in [5.41, 5.74) is 0. The summed E-state index contributed by atoms with van der Waals surface area (Å²) < 4.78 is 9.20. The summed E-state index contributed by atoms with van der Waals surface area (Å²) in [6.07, 6.45) is 14.9. The Bertz CT molecular complexity index is 592. The smallest absolute Gasteiger partial charge is 0.313 e. The molecule has 170 valence electrons. The van der Waals surface area contributed by atoms with Crippen LogP contribution >= 0.6 is 0 Å². The third-order valence-corrected chi connectivity index (χ3v) is 4.51. The molecule has 0 bridgehead atoms. The highest BCUT2D eigenvalue weighted by Gasteiger charge is 2.13. The average molecular weight is 425 g/mol. The number of aliphatic hydroxyl groups excluding tert-OH is 1. The Balaban J connectivity index is 0.000000451. The number of allylic oxidation sites excluding steroid dienone is 4. The van der Waals surface area contributed by atoms with Gasteiger partial charge >= 0.3 is 11.9 Å². The van der Waals surface area contributed by atoms with Crippen LogP contribution in [0, 0.1) is 11.8 Å². The van der Waals surface area contributed by atoms with Crippen molar-refractivity contribution in [3.8, 4) is 0 Å². The van der Waals surface area contributed by atoms with Crippen LogP contribution in [-0.4, -0.2) is 48.9 Å². The minimum Gasteiger partial charge on any atom is -0.469 e. The van der Waals surface area contributed by atoms with E-state index in [1.54, 1.807) is 0 Å². The maximum absolute atomic E-state index is 11.0. The zero-order valence-corrected chi connectivity index (χ0v) is 18.4. The summed E-state index contributed by atoms with van der Waals surface area (Å²) in [5, 5.41) is 8.66. The number of ketones is 2. The molecule has 0 aliphatic heterocycles. The second-order valence-electron chi connectivity index (χ2n) is 7.50. The molecule has 0 radical (unpaired) electrons. The topological polar surface area (TPSA) is 107 Å². The molecule has 0 heterocycles. The van der Waals surface area contributed by atoms with E-state index in [-0.39, 0.29) is 24.4 Å². The van der Waals surface area contributed by atoms with E-state index in [1.807, 2.05) is 0 Å². The highest BCUT2D eigenvalue weighted by atomic mass is 16.5. The van der Waals surface area contributed by atoms with Crippen LogP contribution in [0.3, 0.4) is 0 Å².